The van der Waals surface area contributed by atoms with Crippen LogP contribution in [0.4, 0.5) is 52.7 Å². The van der Waals surface area contributed by atoms with Gasteiger partial charge in [0, 0.05) is 0 Å². The molecule has 0 fully saturated rings. The van der Waals surface area contributed by atoms with Crippen LogP contribution >= 0.6 is 0 Å². The van der Waals surface area contributed by atoms with Crippen LogP contribution in [0.15, 0.2) is 36.4 Å². The summed E-state index contributed by atoms with van der Waals surface area (Å²) in [5.41, 5.74) is -6.24. The van der Waals surface area contributed by atoms with E-state index < -0.39 is 58.8 Å². The molecule has 2 rings (SSSR count). The highest BCUT2D eigenvalue weighted by molar-refractivity contribution is 5.38. The van der Waals surface area contributed by atoms with Crippen LogP contribution in [0.1, 0.15) is 59.1 Å². The summed E-state index contributed by atoms with van der Waals surface area (Å²) in [4.78, 5) is 0. The van der Waals surface area contributed by atoms with Crippen LogP contribution in [0, 0.1) is 22.7 Å². The Morgan fingerprint density at radius 3 is 0.806 bits per heavy atom. The molecule has 0 amide bonds. The fourth-order valence-corrected chi connectivity index (χ4v) is 2.61. The lowest BCUT2D eigenvalue weighted by Gasteiger charge is -2.14. The Bertz CT molecular complexity index is 987. The van der Waals surface area contributed by atoms with E-state index >= 15 is 0 Å². The van der Waals surface area contributed by atoms with Crippen LogP contribution in [0.2, 0.25) is 0 Å². The molecule has 0 aliphatic carbocycles. The van der Waals surface area contributed by atoms with Gasteiger partial charge in [0.05, 0.1) is 46.2 Å². The zero-order chi connectivity index (χ0) is 28.3. The van der Waals surface area contributed by atoms with E-state index in [1.165, 1.54) is 13.8 Å². The minimum atomic E-state index is -4.88. The van der Waals surface area contributed by atoms with Crippen molar-refractivity contribution in [3.8, 4) is 12.1 Å². The van der Waals surface area contributed by atoms with E-state index in [0.717, 1.165) is 0 Å². The fraction of sp³-hybridized carbons (Fsp3) is 0.364. The number of nitrogens with zero attached hydrogens (tertiary/aromatic N) is 2. The van der Waals surface area contributed by atoms with E-state index in [1.807, 2.05) is 0 Å². The molecule has 0 saturated carbocycles. The summed E-state index contributed by atoms with van der Waals surface area (Å²) in [5.74, 6) is -2.10. The van der Waals surface area contributed by atoms with E-state index in [2.05, 4.69) is 0 Å². The van der Waals surface area contributed by atoms with E-state index in [9.17, 15) is 52.7 Å². The Balaban J connectivity index is 0.000000360. The minimum Gasteiger partial charge on any atom is -0.198 e. The summed E-state index contributed by atoms with van der Waals surface area (Å²) in [5, 5.41) is 17.1. The first-order valence-electron chi connectivity index (χ1n) is 9.49. The number of alkyl halides is 12. The van der Waals surface area contributed by atoms with E-state index in [-0.39, 0.29) is 23.3 Å². The molecular formula is C22H14F12N2. The first-order valence-corrected chi connectivity index (χ1v) is 9.49. The summed E-state index contributed by atoms with van der Waals surface area (Å²) < 4.78 is 149. The number of nitriles is 2. The topological polar surface area (TPSA) is 47.6 Å². The maximum atomic E-state index is 12.5. The number of hydrogen-bond donors (Lipinski definition) is 0. The average molecular weight is 534 g/mol. The van der Waals surface area contributed by atoms with Gasteiger partial charge in [0.25, 0.3) is 0 Å². The molecule has 196 valence electrons. The number of hydrogen-bond acceptors (Lipinski definition) is 2. The Kier molecular flexibility index (Phi) is 9.08. The summed E-state index contributed by atoms with van der Waals surface area (Å²) in [6.45, 7) is 2.46. The molecule has 0 radical (unpaired) electrons. The normalized spacial score (nSPS) is 14.1. The molecule has 2 nitrogen and oxygen atoms in total. The zero-order valence-electron chi connectivity index (χ0n) is 18.0. The molecule has 14 heteroatoms. The maximum Gasteiger partial charge on any atom is 0.416 e. The highest BCUT2D eigenvalue weighted by atomic mass is 19.4. The predicted octanol–water partition coefficient (Wildman–Crippen LogP) is 8.70. The number of benzene rings is 2. The third kappa shape index (κ3) is 8.36. The van der Waals surface area contributed by atoms with Gasteiger partial charge < -0.3 is 0 Å². The molecule has 0 aliphatic heterocycles. The van der Waals surface area contributed by atoms with Crippen LogP contribution in [0.25, 0.3) is 0 Å². The second-order valence-electron chi connectivity index (χ2n) is 7.38. The van der Waals surface area contributed by atoms with Gasteiger partial charge in [-0.3, -0.25) is 0 Å². The summed E-state index contributed by atoms with van der Waals surface area (Å²) in [6.07, 6.45) is -19.5. The molecule has 0 bridgehead atoms. The molecule has 0 N–H and O–H groups in total. The summed E-state index contributed by atoms with van der Waals surface area (Å²) in [6, 6.07) is 5.51. The van der Waals surface area contributed by atoms with E-state index in [1.54, 1.807) is 12.1 Å². The Labute approximate surface area is 196 Å². The van der Waals surface area contributed by atoms with Crippen LogP contribution in [-0.4, -0.2) is 0 Å². The van der Waals surface area contributed by atoms with Crippen molar-refractivity contribution in [2.45, 2.75) is 50.4 Å². The third-order valence-electron chi connectivity index (χ3n) is 4.61. The quantitative estimate of drug-likeness (QED) is 0.362. The molecule has 36 heavy (non-hydrogen) atoms. The standard InChI is InChI=1S/2C11H7F6N/c2*1-6(5-18)7-2-8(10(12,13)14)4-9(3-7)11(15,16)17/h2*2-4,6H,1H3. The molecule has 2 aromatic carbocycles. The highest BCUT2D eigenvalue weighted by Crippen LogP contribution is 2.39. The maximum absolute atomic E-state index is 12.5. The van der Waals surface area contributed by atoms with Gasteiger partial charge in [-0.2, -0.15) is 63.2 Å². The van der Waals surface area contributed by atoms with E-state index in [0.29, 0.717) is 24.3 Å². The largest absolute Gasteiger partial charge is 0.416 e. The van der Waals surface area contributed by atoms with Crippen molar-refractivity contribution >= 4 is 0 Å². The minimum absolute atomic E-state index is 0.0353. The van der Waals surface area contributed by atoms with Crippen LogP contribution in [0.3, 0.4) is 0 Å². The monoisotopic (exact) mass is 534 g/mol. The first-order chi connectivity index (χ1) is 16.1. The van der Waals surface area contributed by atoms with Crippen LogP contribution < -0.4 is 0 Å². The Morgan fingerprint density at radius 1 is 0.472 bits per heavy atom. The van der Waals surface area contributed by atoms with Crippen molar-refractivity contribution < 1.29 is 52.7 Å². The van der Waals surface area contributed by atoms with Crippen LogP contribution in [0.5, 0.6) is 0 Å². The Hall–Kier alpha value is -3.42. The molecule has 0 aromatic heterocycles. The van der Waals surface area contributed by atoms with Gasteiger partial charge in [-0.1, -0.05) is 0 Å². The predicted molar refractivity (Wildman–Crippen MR) is 101 cm³/mol. The van der Waals surface area contributed by atoms with Gasteiger partial charge in [-0.25, -0.2) is 0 Å². The molecular weight excluding hydrogens is 520 g/mol. The molecule has 0 spiro atoms. The van der Waals surface area contributed by atoms with Gasteiger partial charge in [-0.15, -0.1) is 0 Å². The highest BCUT2D eigenvalue weighted by Gasteiger charge is 2.38. The molecule has 2 atom stereocenters. The van der Waals surface area contributed by atoms with Crippen molar-refractivity contribution in [1.29, 1.82) is 10.5 Å². The number of rotatable bonds is 2. The van der Waals surface area contributed by atoms with Crippen molar-refractivity contribution in [1.82, 2.24) is 0 Å². The third-order valence-corrected chi connectivity index (χ3v) is 4.61. The lowest BCUT2D eigenvalue weighted by molar-refractivity contribution is -0.144. The SMILES string of the molecule is CC(C#N)c1cc(C(F)(F)F)cc(C(F)(F)F)c1.CC(C#N)c1cc(C(F)(F)F)cc(C(F)(F)F)c1. The van der Waals surface area contributed by atoms with Gasteiger partial charge in [0.1, 0.15) is 0 Å². The smallest absolute Gasteiger partial charge is 0.198 e. The van der Waals surface area contributed by atoms with Gasteiger partial charge >= 0.3 is 24.7 Å². The van der Waals surface area contributed by atoms with Gasteiger partial charge in [-0.05, 0) is 61.4 Å². The second-order valence-corrected chi connectivity index (χ2v) is 7.38. The molecule has 2 unspecified atom stereocenters. The molecule has 0 heterocycles. The van der Waals surface area contributed by atoms with Gasteiger partial charge in [0.15, 0.2) is 0 Å². The van der Waals surface area contributed by atoms with Gasteiger partial charge in [0.2, 0.25) is 0 Å². The molecule has 2 aromatic rings. The second kappa shape index (κ2) is 10.7. The molecule has 0 aliphatic rings. The van der Waals surface area contributed by atoms with Crippen LogP contribution in [-0.2, 0) is 24.7 Å². The fourth-order valence-electron chi connectivity index (χ4n) is 2.61. The first kappa shape index (κ1) is 30.6. The van der Waals surface area contributed by atoms with Crippen molar-refractivity contribution in [3.05, 3.63) is 69.8 Å². The van der Waals surface area contributed by atoms with Crippen molar-refractivity contribution in [2.24, 2.45) is 0 Å². The van der Waals surface area contributed by atoms with Crippen molar-refractivity contribution in [2.75, 3.05) is 0 Å². The zero-order valence-corrected chi connectivity index (χ0v) is 18.0. The Morgan fingerprint density at radius 2 is 0.667 bits per heavy atom. The van der Waals surface area contributed by atoms with Crippen molar-refractivity contribution in [3.63, 3.8) is 0 Å². The molecule has 0 saturated heterocycles. The van der Waals surface area contributed by atoms with E-state index in [4.69, 9.17) is 10.5 Å². The average Bonchev–Trinajstić information content (AvgIpc) is 2.75. The lowest BCUT2D eigenvalue weighted by atomic mass is 9.97. The summed E-state index contributed by atoms with van der Waals surface area (Å²) in [7, 11) is 0. The lowest BCUT2D eigenvalue weighted by Crippen LogP contribution is -2.12. The summed E-state index contributed by atoms with van der Waals surface area (Å²) >= 11 is 0. The number of halogens is 12.